The molecule has 1 amide bonds. The fourth-order valence-corrected chi connectivity index (χ4v) is 5.69. The molecule has 0 saturated carbocycles. The molecule has 2 aliphatic rings. The number of hydrogen-bond donors (Lipinski definition) is 1. The molecule has 5 heteroatoms. The molecule has 3 aromatic rings. The van der Waals surface area contributed by atoms with Gasteiger partial charge in [0.05, 0.1) is 0 Å². The fraction of sp³-hybridized carbons (Fsp3) is 0.423. The quantitative estimate of drug-likeness (QED) is 0.512. The number of amides is 1. The van der Waals surface area contributed by atoms with E-state index in [1.807, 2.05) is 11.3 Å². The Kier molecular flexibility index (Phi) is 6.23. The minimum absolute atomic E-state index is 0.150. The molecule has 1 aromatic heterocycles. The number of hydrogen-bond acceptors (Lipinski definition) is 4. The Hall–Kier alpha value is -2.37. The molecule has 0 bridgehead atoms. The predicted molar refractivity (Wildman–Crippen MR) is 131 cm³/mol. The van der Waals surface area contributed by atoms with Crippen molar-refractivity contribution in [2.24, 2.45) is 0 Å². The predicted octanol–water partition coefficient (Wildman–Crippen LogP) is 5.32. The molecule has 0 spiro atoms. The van der Waals surface area contributed by atoms with Crippen molar-refractivity contribution in [3.8, 4) is 0 Å². The van der Waals surface area contributed by atoms with Crippen LogP contribution in [0.1, 0.15) is 36.8 Å². The summed E-state index contributed by atoms with van der Waals surface area (Å²) in [6, 6.07) is 15.6. The number of unbranched alkanes of at least 4 members (excludes halogenated alkanes) is 2. The van der Waals surface area contributed by atoms with Gasteiger partial charge in [0.2, 0.25) is 5.91 Å². The van der Waals surface area contributed by atoms with Gasteiger partial charge in [0.15, 0.2) is 0 Å². The van der Waals surface area contributed by atoms with Gasteiger partial charge in [0.25, 0.3) is 0 Å². The lowest BCUT2D eigenvalue weighted by Crippen LogP contribution is -2.46. The Morgan fingerprint density at radius 2 is 1.84 bits per heavy atom. The smallest absolute Gasteiger partial charge is 0.224 e. The highest BCUT2D eigenvalue weighted by molar-refractivity contribution is 7.17. The average Bonchev–Trinajstić information content (AvgIpc) is 3.28. The van der Waals surface area contributed by atoms with E-state index in [1.165, 1.54) is 52.7 Å². The molecule has 1 N–H and O–H groups in total. The number of thiophene rings is 1. The highest BCUT2D eigenvalue weighted by Crippen LogP contribution is 2.31. The summed E-state index contributed by atoms with van der Waals surface area (Å²) < 4.78 is 1.39. The van der Waals surface area contributed by atoms with Crippen molar-refractivity contribution in [3.05, 3.63) is 59.0 Å². The number of carbonyl (C=O) groups is 1. The Bertz CT molecular complexity index is 1050. The first-order valence-corrected chi connectivity index (χ1v) is 12.5. The number of nitrogens with one attached hydrogen (secondary N) is 1. The zero-order valence-electron chi connectivity index (χ0n) is 18.1. The van der Waals surface area contributed by atoms with Crippen LogP contribution >= 0.6 is 11.3 Å². The molecule has 31 heavy (non-hydrogen) atoms. The number of carbonyl (C=O) groups excluding carboxylic acids is 1. The number of aryl methyl sites for hydroxylation is 2. The van der Waals surface area contributed by atoms with E-state index in [4.69, 9.17) is 0 Å². The molecule has 4 nitrogen and oxygen atoms in total. The molecule has 3 heterocycles. The highest BCUT2D eigenvalue weighted by atomic mass is 32.1. The van der Waals surface area contributed by atoms with E-state index in [9.17, 15) is 4.79 Å². The van der Waals surface area contributed by atoms with Crippen LogP contribution in [0.2, 0.25) is 0 Å². The normalized spacial score (nSPS) is 17.0. The van der Waals surface area contributed by atoms with Gasteiger partial charge in [0.1, 0.15) is 0 Å². The number of piperazine rings is 1. The van der Waals surface area contributed by atoms with Crippen LogP contribution in [0.5, 0.6) is 0 Å². The van der Waals surface area contributed by atoms with Crippen molar-refractivity contribution in [1.82, 2.24) is 4.90 Å². The van der Waals surface area contributed by atoms with E-state index in [-0.39, 0.29) is 5.91 Å². The molecule has 2 aliphatic heterocycles. The van der Waals surface area contributed by atoms with Crippen LogP contribution in [-0.2, 0) is 17.6 Å². The van der Waals surface area contributed by atoms with Crippen LogP contribution in [-0.4, -0.2) is 43.5 Å². The van der Waals surface area contributed by atoms with Crippen LogP contribution < -0.4 is 10.2 Å². The highest BCUT2D eigenvalue weighted by Gasteiger charge is 2.18. The summed E-state index contributed by atoms with van der Waals surface area (Å²) in [4.78, 5) is 16.8. The molecule has 0 radical (unpaired) electrons. The summed E-state index contributed by atoms with van der Waals surface area (Å²) in [5.41, 5.74) is 5.05. The Labute approximate surface area is 188 Å². The maximum Gasteiger partial charge on any atom is 0.224 e. The summed E-state index contributed by atoms with van der Waals surface area (Å²) in [6.07, 6.45) is 6.33. The number of nitrogens with zero attached hydrogens (tertiary/aromatic N) is 2. The summed E-state index contributed by atoms with van der Waals surface area (Å²) in [5, 5.41) is 6.62. The zero-order chi connectivity index (χ0) is 21.0. The topological polar surface area (TPSA) is 35.6 Å². The lowest BCUT2D eigenvalue weighted by atomic mass is 9.98. The van der Waals surface area contributed by atoms with Crippen LogP contribution in [0.4, 0.5) is 11.4 Å². The minimum atomic E-state index is 0.150. The second kappa shape index (κ2) is 9.41. The Morgan fingerprint density at radius 1 is 0.935 bits per heavy atom. The van der Waals surface area contributed by atoms with Gasteiger partial charge in [-0.05, 0) is 73.0 Å². The monoisotopic (exact) mass is 433 g/mol. The van der Waals surface area contributed by atoms with Crippen LogP contribution in [0, 0.1) is 0 Å². The molecule has 1 saturated heterocycles. The summed E-state index contributed by atoms with van der Waals surface area (Å²) >= 11 is 1.83. The number of benzene rings is 2. The van der Waals surface area contributed by atoms with Crippen molar-refractivity contribution in [1.29, 1.82) is 0 Å². The van der Waals surface area contributed by atoms with Crippen LogP contribution in [0.15, 0.2) is 47.8 Å². The fourth-order valence-electron chi connectivity index (χ4n) is 4.88. The first kappa shape index (κ1) is 20.5. The largest absolute Gasteiger partial charge is 0.368 e. The van der Waals surface area contributed by atoms with Gasteiger partial charge in [-0.2, -0.15) is 0 Å². The van der Waals surface area contributed by atoms with Crippen molar-refractivity contribution in [3.63, 3.8) is 0 Å². The molecule has 0 unspecified atom stereocenters. The van der Waals surface area contributed by atoms with Gasteiger partial charge in [-0.1, -0.05) is 24.6 Å². The lowest BCUT2D eigenvalue weighted by Gasteiger charge is -2.36. The van der Waals surface area contributed by atoms with Gasteiger partial charge >= 0.3 is 0 Å². The van der Waals surface area contributed by atoms with E-state index in [0.29, 0.717) is 6.42 Å². The van der Waals surface area contributed by atoms with Gasteiger partial charge in [-0.3, -0.25) is 9.69 Å². The van der Waals surface area contributed by atoms with E-state index in [0.717, 1.165) is 44.7 Å². The first-order chi connectivity index (χ1) is 15.3. The zero-order valence-corrected chi connectivity index (χ0v) is 18.9. The third-order valence-corrected chi connectivity index (χ3v) is 7.58. The van der Waals surface area contributed by atoms with E-state index in [2.05, 4.69) is 63.0 Å². The third kappa shape index (κ3) is 4.78. The lowest BCUT2D eigenvalue weighted by molar-refractivity contribution is -0.116. The molecule has 2 aromatic carbocycles. The van der Waals surface area contributed by atoms with Crippen molar-refractivity contribution < 1.29 is 4.79 Å². The average molecular weight is 434 g/mol. The van der Waals surface area contributed by atoms with Gasteiger partial charge in [-0.25, -0.2) is 0 Å². The molecule has 1 fully saturated rings. The standard InChI is InChI=1S/C26H31N3OS/c30-26-11-10-21-9-8-20(19-23(21)27-26)5-2-1-3-13-28-14-16-29(17-15-28)24-6-4-7-25-22(24)12-18-31-25/h4,6-9,12,18-19H,1-3,5,10-11,13-17H2,(H,27,30). The van der Waals surface area contributed by atoms with Crippen LogP contribution in [0.3, 0.4) is 0 Å². The maximum atomic E-state index is 11.6. The molecular weight excluding hydrogens is 402 g/mol. The first-order valence-electron chi connectivity index (χ1n) is 11.6. The number of rotatable bonds is 7. The van der Waals surface area contributed by atoms with Crippen molar-refractivity contribution >= 4 is 38.7 Å². The number of anilines is 2. The van der Waals surface area contributed by atoms with E-state index >= 15 is 0 Å². The maximum absolute atomic E-state index is 11.6. The Balaban J connectivity index is 1.03. The Morgan fingerprint density at radius 3 is 2.74 bits per heavy atom. The van der Waals surface area contributed by atoms with Crippen molar-refractivity contribution in [2.75, 3.05) is 42.9 Å². The van der Waals surface area contributed by atoms with Gasteiger partial charge in [-0.15, -0.1) is 11.3 Å². The number of fused-ring (bicyclic) bond motifs is 2. The minimum Gasteiger partial charge on any atom is -0.368 e. The van der Waals surface area contributed by atoms with E-state index in [1.54, 1.807) is 0 Å². The molecule has 5 rings (SSSR count). The summed E-state index contributed by atoms with van der Waals surface area (Å²) in [7, 11) is 0. The molecule has 0 atom stereocenters. The van der Waals surface area contributed by atoms with Crippen molar-refractivity contribution in [2.45, 2.75) is 38.5 Å². The molecule has 162 valence electrons. The second-order valence-electron chi connectivity index (χ2n) is 8.79. The molecular formula is C26H31N3OS. The molecule has 0 aliphatic carbocycles. The third-order valence-electron chi connectivity index (χ3n) is 6.70. The summed E-state index contributed by atoms with van der Waals surface area (Å²) in [6.45, 7) is 5.76. The van der Waals surface area contributed by atoms with Gasteiger partial charge < -0.3 is 10.2 Å². The van der Waals surface area contributed by atoms with Gasteiger partial charge in [0, 0.05) is 54.1 Å². The van der Waals surface area contributed by atoms with E-state index < -0.39 is 0 Å². The SMILES string of the molecule is O=C1CCc2ccc(CCCCCN3CCN(c4cccc5sccc45)CC3)cc2N1. The second-order valence-corrected chi connectivity index (χ2v) is 9.74. The summed E-state index contributed by atoms with van der Waals surface area (Å²) in [5.74, 6) is 0.150. The van der Waals surface area contributed by atoms with Crippen LogP contribution in [0.25, 0.3) is 10.1 Å².